The normalized spacial score (nSPS) is 13.1. The highest BCUT2D eigenvalue weighted by molar-refractivity contribution is 9.10. The Balaban J connectivity index is 2.88. The van der Waals surface area contributed by atoms with Gasteiger partial charge in [0.05, 0.1) is 18.8 Å². The number of hydrogen-bond donors (Lipinski definition) is 1. The van der Waals surface area contributed by atoms with Crippen LogP contribution < -0.4 is 5.32 Å². The molecule has 0 aliphatic heterocycles. The molecular formula is C14H22BrNO. The first-order chi connectivity index (χ1) is 7.95. The molecule has 0 fully saturated rings. The molecule has 0 heterocycles. The SMILES string of the molecule is CNC(COC(C)C)c1cc(C)c(Br)c(C)c1. The Kier molecular flexibility index (Phi) is 5.63. The van der Waals surface area contributed by atoms with Crippen molar-refractivity contribution in [2.75, 3.05) is 13.7 Å². The van der Waals surface area contributed by atoms with Crippen molar-refractivity contribution < 1.29 is 4.74 Å². The molecule has 2 nitrogen and oxygen atoms in total. The topological polar surface area (TPSA) is 21.3 Å². The third-order valence-electron chi connectivity index (χ3n) is 2.81. The average Bonchev–Trinajstić information content (AvgIpc) is 2.26. The van der Waals surface area contributed by atoms with E-state index in [1.807, 2.05) is 7.05 Å². The molecule has 0 spiro atoms. The Labute approximate surface area is 113 Å². The molecule has 1 aromatic carbocycles. The summed E-state index contributed by atoms with van der Waals surface area (Å²) in [6, 6.07) is 4.67. The smallest absolute Gasteiger partial charge is 0.0664 e. The fraction of sp³-hybridized carbons (Fsp3) is 0.571. The number of aryl methyl sites for hydroxylation is 2. The largest absolute Gasteiger partial charge is 0.377 e. The monoisotopic (exact) mass is 299 g/mol. The second-order valence-corrected chi connectivity index (χ2v) is 5.49. The van der Waals surface area contributed by atoms with Crippen LogP contribution in [0.5, 0.6) is 0 Å². The minimum atomic E-state index is 0.253. The van der Waals surface area contributed by atoms with E-state index in [1.54, 1.807) is 0 Å². The van der Waals surface area contributed by atoms with Crippen LogP contribution in [0.1, 0.15) is 36.6 Å². The van der Waals surface area contributed by atoms with Gasteiger partial charge in [-0.15, -0.1) is 0 Å². The van der Waals surface area contributed by atoms with Crippen LogP contribution in [0.3, 0.4) is 0 Å². The van der Waals surface area contributed by atoms with E-state index < -0.39 is 0 Å². The summed E-state index contributed by atoms with van der Waals surface area (Å²) in [7, 11) is 1.97. The third-order valence-corrected chi connectivity index (χ3v) is 4.06. The van der Waals surface area contributed by atoms with Crippen molar-refractivity contribution in [1.82, 2.24) is 5.32 Å². The zero-order valence-corrected chi connectivity index (χ0v) is 12.9. The fourth-order valence-electron chi connectivity index (χ4n) is 1.82. The number of benzene rings is 1. The van der Waals surface area contributed by atoms with Crippen LogP contribution in [0.15, 0.2) is 16.6 Å². The second kappa shape index (κ2) is 6.53. The summed E-state index contributed by atoms with van der Waals surface area (Å²) in [5.74, 6) is 0. The maximum Gasteiger partial charge on any atom is 0.0664 e. The molecule has 96 valence electrons. The Bertz CT molecular complexity index is 353. The van der Waals surface area contributed by atoms with Gasteiger partial charge in [-0.25, -0.2) is 0 Å². The zero-order valence-electron chi connectivity index (χ0n) is 11.3. The molecule has 1 unspecified atom stereocenters. The van der Waals surface area contributed by atoms with Crippen LogP contribution in [0.2, 0.25) is 0 Å². The molecule has 0 aliphatic rings. The van der Waals surface area contributed by atoms with Crippen molar-refractivity contribution >= 4 is 15.9 Å². The third kappa shape index (κ3) is 4.09. The van der Waals surface area contributed by atoms with Crippen molar-refractivity contribution in [1.29, 1.82) is 0 Å². The molecule has 17 heavy (non-hydrogen) atoms. The van der Waals surface area contributed by atoms with Crippen LogP contribution in [0.25, 0.3) is 0 Å². The van der Waals surface area contributed by atoms with E-state index in [-0.39, 0.29) is 12.1 Å². The van der Waals surface area contributed by atoms with Gasteiger partial charge in [0.25, 0.3) is 0 Å². The van der Waals surface area contributed by atoms with Crippen LogP contribution >= 0.6 is 15.9 Å². The molecule has 0 radical (unpaired) electrons. The summed E-state index contributed by atoms with van der Waals surface area (Å²) in [4.78, 5) is 0. The van der Waals surface area contributed by atoms with E-state index in [1.165, 1.54) is 21.2 Å². The van der Waals surface area contributed by atoms with Gasteiger partial charge in [0.15, 0.2) is 0 Å². The highest BCUT2D eigenvalue weighted by atomic mass is 79.9. The molecule has 0 aromatic heterocycles. The number of rotatable bonds is 5. The van der Waals surface area contributed by atoms with Gasteiger partial charge >= 0.3 is 0 Å². The summed E-state index contributed by atoms with van der Waals surface area (Å²) >= 11 is 3.59. The molecule has 0 saturated carbocycles. The first-order valence-electron chi connectivity index (χ1n) is 6.01. The first-order valence-corrected chi connectivity index (χ1v) is 6.80. The molecule has 3 heteroatoms. The van der Waals surface area contributed by atoms with Crippen LogP contribution in [0.4, 0.5) is 0 Å². The molecule has 1 aromatic rings. The molecule has 1 N–H and O–H groups in total. The Morgan fingerprint density at radius 1 is 1.24 bits per heavy atom. The molecule has 0 bridgehead atoms. The number of halogens is 1. The number of likely N-dealkylation sites (N-methyl/N-ethyl adjacent to an activating group) is 1. The van der Waals surface area contributed by atoms with Gasteiger partial charge in [-0.05, 0) is 51.4 Å². The highest BCUT2D eigenvalue weighted by Crippen LogP contribution is 2.25. The van der Waals surface area contributed by atoms with Crippen molar-refractivity contribution in [3.63, 3.8) is 0 Å². The zero-order chi connectivity index (χ0) is 13.0. The predicted molar refractivity (Wildman–Crippen MR) is 76.5 cm³/mol. The summed E-state index contributed by atoms with van der Waals surface area (Å²) in [6.07, 6.45) is 0.267. The Morgan fingerprint density at radius 2 is 1.76 bits per heavy atom. The van der Waals surface area contributed by atoms with E-state index >= 15 is 0 Å². The van der Waals surface area contributed by atoms with Gasteiger partial charge in [-0.3, -0.25) is 0 Å². The minimum absolute atomic E-state index is 0.253. The average molecular weight is 300 g/mol. The van der Waals surface area contributed by atoms with E-state index in [0.717, 1.165) is 0 Å². The summed E-state index contributed by atoms with van der Waals surface area (Å²) in [5, 5.41) is 3.31. The fourth-order valence-corrected chi connectivity index (χ4v) is 2.04. The molecular weight excluding hydrogens is 278 g/mol. The molecule has 0 aliphatic carbocycles. The quantitative estimate of drug-likeness (QED) is 0.894. The van der Waals surface area contributed by atoms with Crippen LogP contribution in [0, 0.1) is 13.8 Å². The van der Waals surface area contributed by atoms with Gasteiger partial charge in [-0.1, -0.05) is 28.1 Å². The van der Waals surface area contributed by atoms with Crippen molar-refractivity contribution in [2.45, 2.75) is 39.8 Å². The van der Waals surface area contributed by atoms with Gasteiger partial charge in [-0.2, -0.15) is 0 Å². The molecule has 1 rings (SSSR count). The lowest BCUT2D eigenvalue weighted by atomic mass is 10.0. The summed E-state index contributed by atoms with van der Waals surface area (Å²) in [5.41, 5.74) is 3.82. The Morgan fingerprint density at radius 3 is 2.18 bits per heavy atom. The van der Waals surface area contributed by atoms with Crippen molar-refractivity contribution in [3.05, 3.63) is 33.3 Å². The lowest BCUT2D eigenvalue weighted by Crippen LogP contribution is -2.23. The van der Waals surface area contributed by atoms with Gasteiger partial charge < -0.3 is 10.1 Å². The van der Waals surface area contributed by atoms with Crippen LogP contribution in [-0.2, 0) is 4.74 Å². The maximum absolute atomic E-state index is 5.69. The Hall–Kier alpha value is -0.380. The predicted octanol–water partition coefficient (Wildman–Crippen LogP) is 3.75. The molecule has 0 saturated heterocycles. The summed E-state index contributed by atoms with van der Waals surface area (Å²) in [6.45, 7) is 9.07. The summed E-state index contributed by atoms with van der Waals surface area (Å²) < 4.78 is 6.88. The van der Waals surface area contributed by atoms with Gasteiger partial charge in [0.2, 0.25) is 0 Å². The second-order valence-electron chi connectivity index (χ2n) is 4.69. The van der Waals surface area contributed by atoms with E-state index in [2.05, 4.69) is 61.1 Å². The lowest BCUT2D eigenvalue weighted by Gasteiger charge is -2.20. The maximum atomic E-state index is 5.69. The lowest BCUT2D eigenvalue weighted by molar-refractivity contribution is 0.0626. The minimum Gasteiger partial charge on any atom is -0.377 e. The molecule has 1 atom stereocenters. The number of nitrogens with one attached hydrogen (secondary N) is 1. The van der Waals surface area contributed by atoms with Crippen molar-refractivity contribution in [3.8, 4) is 0 Å². The van der Waals surface area contributed by atoms with Crippen molar-refractivity contribution in [2.24, 2.45) is 0 Å². The number of hydrogen-bond acceptors (Lipinski definition) is 2. The van der Waals surface area contributed by atoms with Gasteiger partial charge in [0.1, 0.15) is 0 Å². The van der Waals surface area contributed by atoms with E-state index in [0.29, 0.717) is 6.61 Å². The standard InChI is InChI=1S/C14H22BrNO/c1-9(2)17-8-13(16-5)12-6-10(3)14(15)11(4)7-12/h6-7,9,13,16H,8H2,1-5H3. The molecule has 0 amide bonds. The number of ether oxygens (including phenoxy) is 1. The van der Waals surface area contributed by atoms with E-state index in [4.69, 9.17) is 4.74 Å². The highest BCUT2D eigenvalue weighted by Gasteiger charge is 2.12. The van der Waals surface area contributed by atoms with E-state index in [9.17, 15) is 0 Å². The van der Waals surface area contributed by atoms with Crippen LogP contribution in [-0.4, -0.2) is 19.8 Å². The first kappa shape index (κ1) is 14.7. The van der Waals surface area contributed by atoms with Gasteiger partial charge in [0, 0.05) is 4.47 Å².